The van der Waals surface area contributed by atoms with Gasteiger partial charge in [-0.25, -0.2) is 4.79 Å². The van der Waals surface area contributed by atoms with Gasteiger partial charge in [-0.3, -0.25) is 4.79 Å². The van der Waals surface area contributed by atoms with Crippen molar-refractivity contribution in [3.63, 3.8) is 0 Å². The van der Waals surface area contributed by atoms with Crippen LogP contribution >= 0.6 is 0 Å². The molecule has 26 heavy (non-hydrogen) atoms. The van der Waals surface area contributed by atoms with Crippen LogP contribution in [0.3, 0.4) is 0 Å². The van der Waals surface area contributed by atoms with Crippen molar-refractivity contribution < 1.29 is 9.59 Å². The van der Waals surface area contributed by atoms with E-state index in [9.17, 15) is 9.59 Å². The number of nitrogens with two attached hydrogens (primary N) is 1. The highest BCUT2D eigenvalue weighted by Gasteiger charge is 2.18. The molecule has 0 aliphatic carbocycles. The zero-order chi connectivity index (χ0) is 18.7. The number of nitrogens with one attached hydrogen (secondary N) is 1. The normalized spacial score (nSPS) is 13.9. The van der Waals surface area contributed by atoms with E-state index in [1.165, 1.54) is 16.7 Å². The van der Waals surface area contributed by atoms with E-state index in [0.717, 1.165) is 12.0 Å². The summed E-state index contributed by atoms with van der Waals surface area (Å²) in [7, 11) is 0. The van der Waals surface area contributed by atoms with Crippen LogP contribution in [0.15, 0.2) is 48.5 Å². The first kappa shape index (κ1) is 17.7. The summed E-state index contributed by atoms with van der Waals surface area (Å²) in [6.45, 7) is 5.13. The van der Waals surface area contributed by atoms with Crippen molar-refractivity contribution in [3.05, 3.63) is 70.8 Å². The minimum atomic E-state index is -0.467. The van der Waals surface area contributed by atoms with Gasteiger partial charge in [-0.15, -0.1) is 0 Å². The lowest BCUT2D eigenvalue weighted by Crippen LogP contribution is -2.37. The maximum Gasteiger partial charge on any atom is 0.322 e. The Morgan fingerprint density at radius 3 is 2.54 bits per heavy atom. The van der Waals surface area contributed by atoms with Crippen molar-refractivity contribution in [2.24, 2.45) is 5.73 Å². The van der Waals surface area contributed by atoms with Crippen LogP contribution in [0.25, 0.3) is 5.57 Å². The number of hydrogen-bond donors (Lipinski definition) is 2. The number of carbonyl (C=O) groups is 2. The second kappa shape index (κ2) is 7.44. The number of hydrogen-bond acceptors (Lipinski definition) is 2. The monoisotopic (exact) mass is 349 g/mol. The van der Waals surface area contributed by atoms with Crippen LogP contribution in [0.4, 0.5) is 10.5 Å². The molecule has 0 bridgehead atoms. The molecule has 5 nitrogen and oxygen atoms in total. The molecule has 1 aliphatic rings. The molecule has 0 fully saturated rings. The van der Waals surface area contributed by atoms with Gasteiger partial charge in [0.05, 0.1) is 0 Å². The predicted molar refractivity (Wildman–Crippen MR) is 104 cm³/mol. The van der Waals surface area contributed by atoms with E-state index in [2.05, 4.69) is 42.6 Å². The number of carbonyl (C=O) groups excluding carboxylic acids is 2. The van der Waals surface area contributed by atoms with Gasteiger partial charge >= 0.3 is 6.03 Å². The lowest BCUT2D eigenvalue weighted by atomic mass is 9.98. The first-order valence-electron chi connectivity index (χ1n) is 8.66. The highest BCUT2D eigenvalue weighted by Crippen LogP contribution is 2.23. The third-order valence-electron chi connectivity index (χ3n) is 4.63. The molecule has 0 unspecified atom stereocenters. The largest absolute Gasteiger partial charge is 0.366 e. The molecule has 134 valence electrons. The Labute approximate surface area is 153 Å². The van der Waals surface area contributed by atoms with Crippen molar-refractivity contribution in [2.45, 2.75) is 20.3 Å². The zero-order valence-electron chi connectivity index (χ0n) is 15.1. The first-order valence-corrected chi connectivity index (χ1v) is 8.66. The summed E-state index contributed by atoms with van der Waals surface area (Å²) in [6.07, 6.45) is 2.94. The molecule has 2 aromatic carbocycles. The van der Waals surface area contributed by atoms with Gasteiger partial charge in [-0.1, -0.05) is 35.9 Å². The molecule has 3 amide bonds. The zero-order valence-corrected chi connectivity index (χ0v) is 15.1. The average molecular weight is 349 g/mol. The summed E-state index contributed by atoms with van der Waals surface area (Å²) in [5, 5.41) is 2.89. The predicted octanol–water partition coefficient (Wildman–Crippen LogP) is 3.72. The maximum atomic E-state index is 12.5. The van der Waals surface area contributed by atoms with E-state index in [0.29, 0.717) is 24.3 Å². The lowest BCUT2D eigenvalue weighted by Gasteiger charge is -2.27. The molecule has 0 saturated carbocycles. The molecule has 5 heteroatoms. The molecule has 0 saturated heterocycles. The van der Waals surface area contributed by atoms with Gasteiger partial charge in [0.1, 0.15) is 0 Å². The number of aryl methyl sites for hydroxylation is 2. The number of amides is 3. The van der Waals surface area contributed by atoms with E-state index in [1.807, 2.05) is 0 Å². The molecular formula is C21H23N3O2. The molecule has 0 radical (unpaired) electrons. The van der Waals surface area contributed by atoms with E-state index in [1.54, 1.807) is 30.0 Å². The van der Waals surface area contributed by atoms with Gasteiger partial charge in [0, 0.05) is 24.3 Å². The van der Waals surface area contributed by atoms with Gasteiger partial charge in [-0.2, -0.15) is 0 Å². The number of anilines is 1. The van der Waals surface area contributed by atoms with Gasteiger partial charge in [0.15, 0.2) is 0 Å². The van der Waals surface area contributed by atoms with E-state index >= 15 is 0 Å². The fourth-order valence-corrected chi connectivity index (χ4v) is 3.18. The van der Waals surface area contributed by atoms with Crippen LogP contribution in [0, 0.1) is 13.8 Å². The molecule has 0 aromatic heterocycles. The average Bonchev–Trinajstić information content (AvgIpc) is 2.61. The summed E-state index contributed by atoms with van der Waals surface area (Å²) in [4.78, 5) is 25.6. The summed E-state index contributed by atoms with van der Waals surface area (Å²) in [5.41, 5.74) is 10.9. The van der Waals surface area contributed by atoms with Crippen molar-refractivity contribution in [1.82, 2.24) is 4.90 Å². The lowest BCUT2D eigenvalue weighted by molar-refractivity contribution is 0.0999. The van der Waals surface area contributed by atoms with Crippen LogP contribution in [-0.4, -0.2) is 29.9 Å². The molecular weight excluding hydrogens is 326 g/mol. The quantitative estimate of drug-likeness (QED) is 0.886. The van der Waals surface area contributed by atoms with Crippen LogP contribution in [0.5, 0.6) is 0 Å². The van der Waals surface area contributed by atoms with Gasteiger partial charge in [-0.05, 0) is 55.2 Å². The fourth-order valence-electron chi connectivity index (χ4n) is 3.18. The van der Waals surface area contributed by atoms with Crippen molar-refractivity contribution in [1.29, 1.82) is 0 Å². The Bertz CT molecular complexity index is 887. The van der Waals surface area contributed by atoms with Crippen LogP contribution in [0.2, 0.25) is 0 Å². The van der Waals surface area contributed by atoms with Crippen molar-refractivity contribution in [3.8, 4) is 0 Å². The van der Waals surface area contributed by atoms with Crippen LogP contribution in [0.1, 0.15) is 33.5 Å². The SMILES string of the molecule is Cc1cccc(C2=CCN(C(=O)Nc3ccc(C(N)=O)c(C)c3)CC2)c1. The van der Waals surface area contributed by atoms with E-state index in [4.69, 9.17) is 5.73 Å². The molecule has 0 atom stereocenters. The number of urea groups is 1. The highest BCUT2D eigenvalue weighted by atomic mass is 16.2. The number of primary amides is 1. The summed E-state index contributed by atoms with van der Waals surface area (Å²) < 4.78 is 0. The third kappa shape index (κ3) is 3.94. The minimum Gasteiger partial charge on any atom is -0.366 e. The van der Waals surface area contributed by atoms with Crippen molar-refractivity contribution in [2.75, 3.05) is 18.4 Å². The second-order valence-electron chi connectivity index (χ2n) is 6.62. The Morgan fingerprint density at radius 2 is 1.92 bits per heavy atom. The standard InChI is InChI=1S/C21H23N3O2/c1-14-4-3-5-17(12-14)16-8-10-24(11-9-16)21(26)23-18-6-7-19(20(22)25)15(2)13-18/h3-8,12-13H,9-11H2,1-2H3,(H2,22,25)(H,23,26). The smallest absolute Gasteiger partial charge is 0.322 e. The molecule has 1 aliphatic heterocycles. The van der Waals surface area contributed by atoms with E-state index in [-0.39, 0.29) is 6.03 Å². The van der Waals surface area contributed by atoms with Gasteiger partial charge in [0.25, 0.3) is 0 Å². The Morgan fingerprint density at radius 1 is 1.12 bits per heavy atom. The fraction of sp³-hybridized carbons (Fsp3) is 0.238. The number of nitrogens with zero attached hydrogens (tertiary/aromatic N) is 1. The highest BCUT2D eigenvalue weighted by molar-refractivity contribution is 5.96. The first-order chi connectivity index (χ1) is 12.4. The van der Waals surface area contributed by atoms with Gasteiger partial charge < -0.3 is 16.0 Å². The Balaban J connectivity index is 1.65. The van der Waals surface area contributed by atoms with Crippen LogP contribution < -0.4 is 11.1 Å². The summed E-state index contributed by atoms with van der Waals surface area (Å²) in [5.74, 6) is -0.467. The molecule has 1 heterocycles. The van der Waals surface area contributed by atoms with Crippen LogP contribution in [-0.2, 0) is 0 Å². The summed E-state index contributed by atoms with van der Waals surface area (Å²) >= 11 is 0. The third-order valence-corrected chi connectivity index (χ3v) is 4.63. The molecule has 0 spiro atoms. The van der Waals surface area contributed by atoms with Crippen molar-refractivity contribution >= 4 is 23.2 Å². The second-order valence-corrected chi connectivity index (χ2v) is 6.62. The maximum absolute atomic E-state index is 12.5. The van der Waals surface area contributed by atoms with Gasteiger partial charge in [0.2, 0.25) is 5.91 Å². The number of rotatable bonds is 3. The Hall–Kier alpha value is -3.08. The summed E-state index contributed by atoms with van der Waals surface area (Å²) in [6, 6.07) is 13.4. The molecule has 3 rings (SSSR count). The topological polar surface area (TPSA) is 75.4 Å². The molecule has 3 N–H and O–H groups in total. The van der Waals surface area contributed by atoms with E-state index < -0.39 is 5.91 Å². The number of benzene rings is 2. The Kier molecular flexibility index (Phi) is 5.07. The molecule has 2 aromatic rings. The minimum absolute atomic E-state index is 0.143.